The quantitative estimate of drug-likeness (QED) is 0.0870. The molecule has 144 valence electrons. The number of hydrogen-bond acceptors (Lipinski definition) is 7. The number of carboxylic acid groups (broad SMARTS) is 1. The number of esters is 1. The molecule has 3 atom stereocenters. The maximum absolute atomic E-state index is 12.2. The number of Topliss-reactive ketones (excluding diaryl/α,β-unsaturated/α-hetero) is 1. The highest BCUT2D eigenvalue weighted by Crippen LogP contribution is 2.14. The molecule has 2 unspecified atom stereocenters. The van der Waals surface area contributed by atoms with Crippen LogP contribution in [0.1, 0.15) is 19.8 Å². The molecule has 0 spiro atoms. The van der Waals surface area contributed by atoms with Crippen molar-refractivity contribution in [2.75, 3.05) is 34.2 Å². The highest BCUT2D eigenvalue weighted by atomic mass is 16.5. The third-order valence-electron chi connectivity index (χ3n) is 3.33. The number of carbonyl (C=O) groups excluding carboxylic acids is 3. The molecule has 0 saturated heterocycles. The Balaban J connectivity index is 4.98. The van der Waals surface area contributed by atoms with Gasteiger partial charge in [0, 0.05) is 6.54 Å². The predicted molar refractivity (Wildman–Crippen MR) is 89.8 cm³/mol. The minimum absolute atomic E-state index is 0.0579. The van der Waals surface area contributed by atoms with E-state index in [1.54, 1.807) is 21.1 Å². The third kappa shape index (κ3) is 9.62. The van der Waals surface area contributed by atoms with Crippen molar-refractivity contribution < 1.29 is 28.7 Å². The van der Waals surface area contributed by atoms with Crippen molar-refractivity contribution in [3.63, 3.8) is 0 Å². The van der Waals surface area contributed by atoms with Crippen LogP contribution < -0.4 is 22.3 Å². The second-order valence-electron chi connectivity index (χ2n) is 6.91. The van der Waals surface area contributed by atoms with E-state index in [0.717, 1.165) is 6.92 Å². The van der Waals surface area contributed by atoms with Crippen molar-refractivity contribution in [2.24, 2.45) is 28.1 Å². The Labute approximate surface area is 147 Å². The number of hydrogen-bond donors (Lipinski definition) is 3. The molecule has 0 rings (SSSR count). The summed E-state index contributed by atoms with van der Waals surface area (Å²) in [6, 6.07) is -0.974. The first-order valence-electron chi connectivity index (χ1n) is 7.88. The van der Waals surface area contributed by atoms with Gasteiger partial charge in [-0.1, -0.05) is 0 Å². The first-order valence-corrected chi connectivity index (χ1v) is 7.88. The van der Waals surface area contributed by atoms with Crippen molar-refractivity contribution in [1.82, 2.24) is 0 Å². The van der Waals surface area contributed by atoms with Crippen LogP contribution in [-0.4, -0.2) is 74.5 Å². The average molecular weight is 359 g/mol. The summed E-state index contributed by atoms with van der Waals surface area (Å²) >= 11 is 0. The van der Waals surface area contributed by atoms with Crippen LogP contribution in [0, 0.1) is 5.92 Å². The van der Waals surface area contributed by atoms with Crippen molar-refractivity contribution >= 4 is 23.7 Å². The van der Waals surface area contributed by atoms with Gasteiger partial charge in [-0.05, 0) is 19.8 Å². The predicted octanol–water partition coefficient (Wildman–Crippen LogP) is -3.06. The number of nitrogens with zero attached hydrogens (tertiary/aromatic N) is 2. The number of aliphatic carboxylic acids is 1. The number of rotatable bonds is 11. The fourth-order valence-electron chi connectivity index (χ4n) is 2.20. The zero-order valence-corrected chi connectivity index (χ0v) is 15.2. The van der Waals surface area contributed by atoms with Crippen LogP contribution in [0.15, 0.2) is 4.99 Å². The van der Waals surface area contributed by atoms with E-state index in [9.17, 15) is 19.5 Å². The highest BCUT2D eigenvalue weighted by molar-refractivity contribution is 5.97. The van der Waals surface area contributed by atoms with E-state index >= 15 is 0 Å². The first-order chi connectivity index (χ1) is 11.3. The lowest BCUT2D eigenvalue weighted by Gasteiger charge is -2.33. The van der Waals surface area contributed by atoms with Crippen LogP contribution in [0.25, 0.3) is 0 Å². The Morgan fingerprint density at radius 3 is 2.16 bits per heavy atom. The summed E-state index contributed by atoms with van der Waals surface area (Å²) in [5, 5.41) is 11.3. The molecule has 10 heteroatoms. The molecule has 0 aromatic carbocycles. The molecule has 0 heterocycles. The first kappa shape index (κ1) is 22.8. The molecule has 0 aromatic rings. The largest absolute Gasteiger partial charge is 0.549 e. The number of guanidine groups is 1. The van der Waals surface area contributed by atoms with E-state index in [0.29, 0.717) is 13.0 Å². The normalized spacial score (nSPS) is 14.9. The van der Waals surface area contributed by atoms with Gasteiger partial charge in [0.1, 0.15) is 18.4 Å². The van der Waals surface area contributed by atoms with E-state index in [1.165, 1.54) is 0 Å². The molecule has 0 aliphatic rings. The van der Waals surface area contributed by atoms with Gasteiger partial charge in [0.15, 0.2) is 12.1 Å². The van der Waals surface area contributed by atoms with Crippen LogP contribution in [0.4, 0.5) is 0 Å². The molecule has 0 amide bonds. The number of ether oxygens (including phenoxy) is 1. The monoisotopic (exact) mass is 359 g/mol. The SMILES string of the molecule is CC(=O)C(C(=O)[O-])C(C[N+](C)(C)C)OC(=O)[C@@H](N)CCCN=C(N)N. The fourth-order valence-corrected chi connectivity index (χ4v) is 2.20. The topological polar surface area (TPSA) is 174 Å². The molecular formula is C15H29N5O5. The van der Waals surface area contributed by atoms with Gasteiger partial charge in [0.25, 0.3) is 0 Å². The van der Waals surface area contributed by atoms with Gasteiger partial charge < -0.3 is 36.3 Å². The Bertz CT molecular complexity index is 497. The molecule has 0 aliphatic carbocycles. The summed E-state index contributed by atoms with van der Waals surface area (Å²) in [6.45, 7) is 1.54. The van der Waals surface area contributed by atoms with E-state index in [2.05, 4.69) is 4.99 Å². The molecule has 0 saturated carbocycles. The standard InChI is InChI=1S/C15H29N5O5/c1-9(21)12(13(22)23)11(8-20(2,3)4)25-14(24)10(16)6-5-7-19-15(17)18/h10-12H,5-8,16H2,1-4H3,(H4-,17,18,19,22,23)/t10-,11?,12?/m0/s1. The molecule has 0 radical (unpaired) electrons. The molecule has 10 nitrogen and oxygen atoms in total. The van der Waals surface area contributed by atoms with E-state index < -0.39 is 35.8 Å². The molecule has 0 aromatic heterocycles. The maximum atomic E-state index is 12.2. The molecule has 0 fully saturated rings. The summed E-state index contributed by atoms with van der Waals surface area (Å²) in [5.41, 5.74) is 16.1. The highest BCUT2D eigenvalue weighted by Gasteiger charge is 2.35. The van der Waals surface area contributed by atoms with E-state index in [1.807, 2.05) is 0 Å². The second kappa shape index (κ2) is 9.94. The minimum atomic E-state index is -1.58. The Kier molecular flexibility index (Phi) is 9.07. The zero-order valence-electron chi connectivity index (χ0n) is 15.2. The number of likely N-dealkylation sites (N-methyl/N-ethyl adjacent to an activating group) is 1. The number of ketones is 1. The lowest BCUT2D eigenvalue weighted by molar-refractivity contribution is -0.873. The molecule has 0 bridgehead atoms. The lowest BCUT2D eigenvalue weighted by atomic mass is 9.97. The van der Waals surface area contributed by atoms with Gasteiger partial charge in [0.05, 0.1) is 33.0 Å². The fraction of sp³-hybridized carbons (Fsp3) is 0.733. The summed E-state index contributed by atoms with van der Waals surface area (Å²) in [6.07, 6.45) is -0.466. The van der Waals surface area contributed by atoms with Gasteiger partial charge in [0.2, 0.25) is 0 Å². The smallest absolute Gasteiger partial charge is 0.323 e. The zero-order chi connectivity index (χ0) is 19.8. The van der Waals surface area contributed by atoms with Crippen molar-refractivity contribution in [1.29, 1.82) is 0 Å². The maximum Gasteiger partial charge on any atom is 0.323 e. The molecular weight excluding hydrogens is 330 g/mol. The van der Waals surface area contributed by atoms with Crippen LogP contribution in [0.3, 0.4) is 0 Å². The van der Waals surface area contributed by atoms with E-state index in [4.69, 9.17) is 21.9 Å². The number of nitrogens with two attached hydrogens (primary N) is 3. The number of carbonyl (C=O) groups is 3. The lowest BCUT2D eigenvalue weighted by Crippen LogP contribution is -2.53. The second-order valence-corrected chi connectivity index (χ2v) is 6.91. The Morgan fingerprint density at radius 1 is 1.20 bits per heavy atom. The number of quaternary nitrogens is 1. The van der Waals surface area contributed by atoms with Crippen LogP contribution in [0.2, 0.25) is 0 Å². The van der Waals surface area contributed by atoms with E-state index in [-0.39, 0.29) is 23.4 Å². The van der Waals surface area contributed by atoms with Gasteiger partial charge in [-0.25, -0.2) is 0 Å². The minimum Gasteiger partial charge on any atom is -0.549 e. The van der Waals surface area contributed by atoms with Crippen LogP contribution in [0.5, 0.6) is 0 Å². The van der Waals surface area contributed by atoms with Gasteiger partial charge in [-0.15, -0.1) is 0 Å². The number of aliphatic imine (C=N–C) groups is 1. The van der Waals surface area contributed by atoms with Crippen LogP contribution in [-0.2, 0) is 19.1 Å². The summed E-state index contributed by atoms with van der Waals surface area (Å²) in [4.78, 5) is 38.9. The summed E-state index contributed by atoms with van der Waals surface area (Å²) in [5.74, 6) is -4.61. The van der Waals surface area contributed by atoms with Crippen molar-refractivity contribution in [2.45, 2.75) is 31.9 Å². The van der Waals surface area contributed by atoms with Crippen molar-refractivity contribution in [3.05, 3.63) is 0 Å². The molecule has 6 N–H and O–H groups in total. The Hall–Kier alpha value is -2.20. The Morgan fingerprint density at radius 2 is 1.76 bits per heavy atom. The molecule has 0 aliphatic heterocycles. The van der Waals surface area contributed by atoms with Gasteiger partial charge in [-0.2, -0.15) is 0 Å². The van der Waals surface area contributed by atoms with Crippen LogP contribution >= 0.6 is 0 Å². The summed E-state index contributed by atoms with van der Waals surface area (Å²) < 4.78 is 5.53. The average Bonchev–Trinajstić information content (AvgIpc) is 2.40. The molecule has 25 heavy (non-hydrogen) atoms. The van der Waals surface area contributed by atoms with Gasteiger partial charge in [-0.3, -0.25) is 14.6 Å². The van der Waals surface area contributed by atoms with Gasteiger partial charge >= 0.3 is 5.97 Å². The van der Waals surface area contributed by atoms with Crippen molar-refractivity contribution in [3.8, 4) is 0 Å². The third-order valence-corrected chi connectivity index (χ3v) is 3.33. The number of carboxylic acids is 1. The summed E-state index contributed by atoms with van der Waals surface area (Å²) in [7, 11) is 5.34.